The number of anilines is 2. The van der Waals surface area contributed by atoms with E-state index in [4.69, 9.17) is 23.8 Å². The lowest BCUT2D eigenvalue weighted by atomic mass is 10.3. The van der Waals surface area contributed by atoms with Crippen LogP contribution in [0.1, 0.15) is 0 Å². The molecule has 0 unspecified atom stereocenters. The van der Waals surface area contributed by atoms with E-state index >= 15 is 0 Å². The Bertz CT molecular complexity index is 582. The number of benzene rings is 2. The zero-order chi connectivity index (χ0) is 13.8. The highest BCUT2D eigenvalue weighted by Gasteiger charge is 2.09. The van der Waals surface area contributed by atoms with E-state index in [9.17, 15) is 8.78 Å². The van der Waals surface area contributed by atoms with Gasteiger partial charge < -0.3 is 10.6 Å². The first-order chi connectivity index (χ1) is 9.06. The van der Waals surface area contributed by atoms with Crippen LogP contribution in [0.5, 0.6) is 0 Å². The SMILES string of the molecule is Fc1cccc(F)c1NC(=S)Nc1ccc(Cl)cc1. The van der Waals surface area contributed by atoms with Crippen molar-refractivity contribution >= 4 is 40.3 Å². The molecule has 0 amide bonds. The summed E-state index contributed by atoms with van der Waals surface area (Å²) in [7, 11) is 0. The lowest BCUT2D eigenvalue weighted by molar-refractivity contribution is 0.591. The predicted octanol–water partition coefficient (Wildman–Crippen LogP) is 4.43. The minimum absolute atomic E-state index is 0.0892. The molecule has 2 aromatic rings. The first kappa shape index (κ1) is 13.7. The van der Waals surface area contributed by atoms with E-state index in [0.29, 0.717) is 10.7 Å². The minimum atomic E-state index is -0.708. The fourth-order valence-corrected chi connectivity index (χ4v) is 1.77. The zero-order valence-corrected chi connectivity index (χ0v) is 11.2. The van der Waals surface area contributed by atoms with Crippen molar-refractivity contribution in [1.82, 2.24) is 0 Å². The molecule has 0 aromatic heterocycles. The first-order valence-electron chi connectivity index (χ1n) is 5.34. The quantitative estimate of drug-likeness (QED) is 0.802. The molecule has 0 heterocycles. The summed E-state index contributed by atoms with van der Waals surface area (Å²) in [5.41, 5.74) is 0.382. The number of thiocarbonyl (C=S) groups is 1. The Balaban J connectivity index is 2.07. The highest BCUT2D eigenvalue weighted by atomic mass is 35.5. The summed E-state index contributed by atoms with van der Waals surface area (Å²) in [6.07, 6.45) is 0. The number of halogens is 3. The van der Waals surface area contributed by atoms with Crippen molar-refractivity contribution in [2.45, 2.75) is 0 Å². The number of hydrogen-bond donors (Lipinski definition) is 2. The normalized spacial score (nSPS) is 10.1. The Labute approximate surface area is 119 Å². The maximum atomic E-state index is 13.4. The van der Waals surface area contributed by atoms with Gasteiger partial charge in [0.25, 0.3) is 0 Å². The van der Waals surface area contributed by atoms with Crippen LogP contribution in [-0.2, 0) is 0 Å². The van der Waals surface area contributed by atoms with E-state index in [-0.39, 0.29) is 10.8 Å². The van der Waals surface area contributed by atoms with E-state index in [2.05, 4.69) is 10.6 Å². The molecule has 0 saturated heterocycles. The van der Waals surface area contributed by atoms with Crippen LogP contribution in [0.15, 0.2) is 42.5 Å². The summed E-state index contributed by atoms with van der Waals surface area (Å²) in [5.74, 6) is -1.42. The van der Waals surface area contributed by atoms with Crippen LogP contribution in [0, 0.1) is 11.6 Å². The molecule has 0 saturated carbocycles. The summed E-state index contributed by atoms with van der Waals surface area (Å²) in [6, 6.07) is 10.3. The van der Waals surface area contributed by atoms with Gasteiger partial charge in [0.15, 0.2) is 5.11 Å². The van der Waals surface area contributed by atoms with Crippen LogP contribution in [0.2, 0.25) is 5.02 Å². The smallest absolute Gasteiger partial charge is 0.175 e. The predicted molar refractivity (Wildman–Crippen MR) is 77.7 cm³/mol. The van der Waals surface area contributed by atoms with Crippen molar-refractivity contribution in [2.24, 2.45) is 0 Å². The highest BCUT2D eigenvalue weighted by molar-refractivity contribution is 7.80. The molecule has 0 spiro atoms. The Morgan fingerprint density at radius 3 is 2.11 bits per heavy atom. The Morgan fingerprint density at radius 1 is 0.947 bits per heavy atom. The fourth-order valence-electron chi connectivity index (χ4n) is 1.43. The van der Waals surface area contributed by atoms with Crippen LogP contribution >= 0.6 is 23.8 Å². The van der Waals surface area contributed by atoms with Crippen molar-refractivity contribution in [3.8, 4) is 0 Å². The third-order valence-electron chi connectivity index (χ3n) is 2.30. The van der Waals surface area contributed by atoms with Gasteiger partial charge in [0.2, 0.25) is 0 Å². The summed E-state index contributed by atoms with van der Waals surface area (Å²) in [5, 5.41) is 5.96. The average Bonchev–Trinajstić information content (AvgIpc) is 2.37. The van der Waals surface area contributed by atoms with Gasteiger partial charge in [-0.3, -0.25) is 0 Å². The maximum absolute atomic E-state index is 13.4. The van der Waals surface area contributed by atoms with Crippen molar-refractivity contribution in [3.63, 3.8) is 0 Å². The Morgan fingerprint density at radius 2 is 1.53 bits per heavy atom. The minimum Gasteiger partial charge on any atom is -0.332 e. The summed E-state index contributed by atoms with van der Waals surface area (Å²) in [6.45, 7) is 0. The highest BCUT2D eigenvalue weighted by Crippen LogP contribution is 2.19. The van der Waals surface area contributed by atoms with Crippen molar-refractivity contribution in [3.05, 3.63) is 59.1 Å². The van der Waals surface area contributed by atoms with Crippen LogP contribution in [0.3, 0.4) is 0 Å². The molecule has 0 aliphatic carbocycles. The number of nitrogens with one attached hydrogen (secondary N) is 2. The topological polar surface area (TPSA) is 24.1 Å². The molecule has 0 bridgehead atoms. The van der Waals surface area contributed by atoms with Gasteiger partial charge in [-0.2, -0.15) is 0 Å². The lowest BCUT2D eigenvalue weighted by Gasteiger charge is -2.11. The summed E-state index contributed by atoms with van der Waals surface area (Å²) >= 11 is 10.7. The zero-order valence-electron chi connectivity index (χ0n) is 9.58. The molecule has 6 heteroatoms. The number of para-hydroxylation sites is 1. The van der Waals surface area contributed by atoms with Gasteiger partial charge in [0.1, 0.15) is 17.3 Å². The second-order valence-corrected chi connectivity index (χ2v) is 4.53. The van der Waals surface area contributed by atoms with E-state index in [1.54, 1.807) is 24.3 Å². The van der Waals surface area contributed by atoms with Crippen molar-refractivity contribution in [1.29, 1.82) is 0 Å². The molecule has 2 aromatic carbocycles. The Kier molecular flexibility index (Phi) is 4.29. The molecule has 0 fully saturated rings. The number of rotatable bonds is 2. The Hall–Kier alpha value is -1.72. The van der Waals surface area contributed by atoms with E-state index in [0.717, 1.165) is 12.1 Å². The van der Waals surface area contributed by atoms with Crippen molar-refractivity contribution < 1.29 is 8.78 Å². The molecular formula is C13H9ClF2N2S. The summed E-state index contributed by atoms with van der Waals surface area (Å²) in [4.78, 5) is 0. The standard InChI is InChI=1S/C13H9ClF2N2S/c14-8-4-6-9(7-5-8)17-13(19)18-12-10(15)2-1-3-11(12)16/h1-7H,(H2,17,18,19). The van der Waals surface area contributed by atoms with Gasteiger partial charge in [-0.15, -0.1) is 0 Å². The van der Waals surface area contributed by atoms with Gasteiger partial charge in [-0.1, -0.05) is 17.7 Å². The molecule has 0 radical (unpaired) electrons. The third kappa shape index (κ3) is 3.62. The second kappa shape index (κ2) is 5.95. The van der Waals surface area contributed by atoms with Gasteiger partial charge in [0.05, 0.1) is 0 Å². The number of hydrogen-bond acceptors (Lipinski definition) is 1. The fraction of sp³-hybridized carbons (Fsp3) is 0. The van der Waals surface area contributed by atoms with E-state index < -0.39 is 11.6 Å². The molecule has 0 aliphatic heterocycles. The third-order valence-corrected chi connectivity index (χ3v) is 2.76. The monoisotopic (exact) mass is 298 g/mol. The largest absolute Gasteiger partial charge is 0.332 e. The van der Waals surface area contributed by atoms with E-state index in [1.807, 2.05) is 0 Å². The van der Waals surface area contributed by atoms with Crippen LogP contribution in [-0.4, -0.2) is 5.11 Å². The maximum Gasteiger partial charge on any atom is 0.175 e. The van der Waals surface area contributed by atoms with Crippen molar-refractivity contribution in [2.75, 3.05) is 10.6 Å². The average molecular weight is 299 g/mol. The van der Waals surface area contributed by atoms with Gasteiger partial charge in [-0.05, 0) is 48.6 Å². The van der Waals surface area contributed by atoms with Gasteiger partial charge >= 0.3 is 0 Å². The molecule has 0 atom stereocenters. The van der Waals surface area contributed by atoms with Gasteiger partial charge in [-0.25, -0.2) is 8.78 Å². The molecule has 2 N–H and O–H groups in total. The lowest BCUT2D eigenvalue weighted by Crippen LogP contribution is -2.20. The van der Waals surface area contributed by atoms with Gasteiger partial charge in [0, 0.05) is 10.7 Å². The second-order valence-electron chi connectivity index (χ2n) is 3.68. The molecule has 98 valence electrons. The van der Waals surface area contributed by atoms with E-state index in [1.165, 1.54) is 6.07 Å². The molecule has 2 rings (SSSR count). The van der Waals surface area contributed by atoms with Crippen LogP contribution < -0.4 is 10.6 Å². The summed E-state index contributed by atoms with van der Waals surface area (Å²) < 4.78 is 26.8. The molecule has 19 heavy (non-hydrogen) atoms. The molecule has 2 nitrogen and oxygen atoms in total. The van der Waals surface area contributed by atoms with Crippen LogP contribution in [0.25, 0.3) is 0 Å². The molecule has 0 aliphatic rings. The molecular weight excluding hydrogens is 290 g/mol. The first-order valence-corrected chi connectivity index (χ1v) is 6.12. The van der Waals surface area contributed by atoms with Crippen LogP contribution in [0.4, 0.5) is 20.2 Å².